The molecule has 2 aromatic carbocycles. The molecule has 7 heteroatoms. The number of methoxy groups -OCH3 is 1. The first-order chi connectivity index (χ1) is 16.1. The van der Waals surface area contributed by atoms with Gasteiger partial charge in [0.1, 0.15) is 11.5 Å². The summed E-state index contributed by atoms with van der Waals surface area (Å²) in [5.74, 6) is 0.737. The van der Waals surface area contributed by atoms with Crippen LogP contribution in [0.2, 0.25) is 0 Å². The zero-order chi connectivity index (χ0) is 24.3. The molecule has 5 rings (SSSR count). The quantitative estimate of drug-likeness (QED) is 0.457. The molecule has 0 bridgehead atoms. The van der Waals surface area contributed by atoms with Gasteiger partial charge in [0.25, 0.3) is 0 Å². The van der Waals surface area contributed by atoms with Gasteiger partial charge in [0, 0.05) is 17.7 Å². The first-order valence-electron chi connectivity index (χ1n) is 11.2. The van der Waals surface area contributed by atoms with Gasteiger partial charge in [0.05, 0.1) is 18.2 Å². The Balaban J connectivity index is 1.44. The maximum Gasteiger partial charge on any atom is 0.586 e. The average molecular weight is 465 g/mol. The third kappa shape index (κ3) is 3.79. The fraction of sp³-hybridized carbons (Fsp3) is 0.333. The van der Waals surface area contributed by atoms with E-state index >= 15 is 0 Å². The van der Waals surface area contributed by atoms with E-state index in [0.29, 0.717) is 24.1 Å². The van der Waals surface area contributed by atoms with Crippen LogP contribution in [0.25, 0.3) is 11.3 Å². The van der Waals surface area contributed by atoms with Crippen molar-refractivity contribution in [2.24, 2.45) is 0 Å². The highest BCUT2D eigenvalue weighted by Crippen LogP contribution is 2.52. The van der Waals surface area contributed by atoms with Crippen LogP contribution >= 0.6 is 0 Å². The van der Waals surface area contributed by atoms with Gasteiger partial charge in [0.15, 0.2) is 11.5 Å². The van der Waals surface area contributed by atoms with Crippen molar-refractivity contribution in [3.63, 3.8) is 0 Å². The van der Waals surface area contributed by atoms with E-state index in [2.05, 4.69) is 9.47 Å². The van der Waals surface area contributed by atoms with Gasteiger partial charge in [-0.2, -0.15) is 0 Å². The lowest BCUT2D eigenvalue weighted by Gasteiger charge is -2.17. The lowest BCUT2D eigenvalue weighted by atomic mass is 9.88. The normalized spacial score (nSPS) is 16.9. The smallest absolute Gasteiger partial charge is 0.497 e. The molecule has 2 heterocycles. The number of ether oxygens (including phenoxy) is 3. The van der Waals surface area contributed by atoms with Crippen LogP contribution in [-0.2, 0) is 16.6 Å². The van der Waals surface area contributed by atoms with Crippen molar-refractivity contribution >= 4 is 5.78 Å². The molecular formula is C27H25F2NO4. The van der Waals surface area contributed by atoms with Crippen molar-refractivity contribution in [3.05, 3.63) is 70.4 Å². The molecule has 1 aliphatic heterocycles. The largest absolute Gasteiger partial charge is 0.586 e. The SMILES string of the molecule is COc1ccc(-c2nc(CC(=O)C3(c4ccc5c(c4)OC(F)(F)O5)CC3)cc(C)c2C)c(C)c1. The number of benzene rings is 2. The minimum atomic E-state index is -3.68. The Morgan fingerprint density at radius 2 is 1.74 bits per heavy atom. The van der Waals surface area contributed by atoms with Crippen LogP contribution in [0.4, 0.5) is 8.78 Å². The highest BCUT2D eigenvalue weighted by Gasteiger charge is 2.52. The first kappa shape index (κ1) is 22.3. The molecule has 2 aliphatic rings. The van der Waals surface area contributed by atoms with Gasteiger partial charge in [-0.05, 0) is 92.3 Å². The van der Waals surface area contributed by atoms with Crippen LogP contribution in [0.1, 0.15) is 40.8 Å². The summed E-state index contributed by atoms with van der Waals surface area (Å²) in [5.41, 5.74) is 5.65. The van der Waals surface area contributed by atoms with Crippen molar-refractivity contribution < 1.29 is 27.8 Å². The van der Waals surface area contributed by atoms with Crippen LogP contribution in [0.3, 0.4) is 0 Å². The summed E-state index contributed by atoms with van der Waals surface area (Å²) in [6.07, 6.45) is -2.19. The Bertz CT molecular complexity index is 1310. The van der Waals surface area contributed by atoms with E-state index in [0.717, 1.165) is 33.7 Å². The van der Waals surface area contributed by atoms with Crippen LogP contribution in [0.15, 0.2) is 42.5 Å². The molecule has 34 heavy (non-hydrogen) atoms. The number of alkyl halides is 2. The standard InChI is InChI=1S/C27H25F2NO4/c1-15-11-19(30-25(17(15)3)21-7-6-20(32-4)12-16(21)2)14-24(31)26(9-10-26)18-5-8-22-23(13-18)34-27(28,29)33-22/h5-8,11-13H,9-10,14H2,1-4H3. The van der Waals surface area contributed by atoms with Gasteiger partial charge >= 0.3 is 6.29 Å². The van der Waals surface area contributed by atoms with E-state index in [9.17, 15) is 13.6 Å². The molecule has 0 radical (unpaired) electrons. The molecule has 0 saturated heterocycles. The molecule has 0 amide bonds. The van der Waals surface area contributed by atoms with E-state index in [-0.39, 0.29) is 23.7 Å². The van der Waals surface area contributed by atoms with Gasteiger partial charge in [0.2, 0.25) is 0 Å². The first-order valence-corrected chi connectivity index (χ1v) is 11.2. The summed E-state index contributed by atoms with van der Waals surface area (Å²) in [5, 5.41) is 0. The Kier molecular flexibility index (Phi) is 5.11. The second-order valence-corrected chi connectivity index (χ2v) is 9.10. The summed E-state index contributed by atoms with van der Waals surface area (Å²) in [6, 6.07) is 12.4. The van der Waals surface area contributed by atoms with Crippen molar-refractivity contribution in [1.29, 1.82) is 0 Å². The molecule has 0 atom stereocenters. The van der Waals surface area contributed by atoms with Crippen LogP contribution in [0.5, 0.6) is 17.2 Å². The van der Waals surface area contributed by atoms with Crippen molar-refractivity contribution in [3.8, 4) is 28.5 Å². The van der Waals surface area contributed by atoms with E-state index in [1.54, 1.807) is 13.2 Å². The third-order valence-corrected chi connectivity index (χ3v) is 6.85. The van der Waals surface area contributed by atoms with E-state index in [1.165, 1.54) is 12.1 Å². The number of aromatic nitrogens is 1. The lowest BCUT2D eigenvalue weighted by molar-refractivity contribution is -0.286. The number of hydrogen-bond donors (Lipinski definition) is 0. The van der Waals surface area contributed by atoms with Crippen LogP contribution in [0, 0.1) is 20.8 Å². The van der Waals surface area contributed by atoms with Gasteiger partial charge < -0.3 is 14.2 Å². The number of nitrogens with zero attached hydrogens (tertiary/aromatic N) is 1. The monoisotopic (exact) mass is 465 g/mol. The lowest BCUT2D eigenvalue weighted by Crippen LogP contribution is -2.26. The number of ketones is 1. The summed E-state index contributed by atoms with van der Waals surface area (Å²) in [7, 11) is 1.63. The zero-order valence-electron chi connectivity index (χ0n) is 19.5. The molecule has 0 unspecified atom stereocenters. The van der Waals surface area contributed by atoms with Gasteiger partial charge in [-0.1, -0.05) is 6.07 Å². The number of carbonyl (C=O) groups is 1. The summed E-state index contributed by atoms with van der Waals surface area (Å²) in [4.78, 5) is 18.3. The second-order valence-electron chi connectivity index (χ2n) is 9.10. The Hall–Kier alpha value is -3.48. The topological polar surface area (TPSA) is 57.7 Å². The fourth-order valence-corrected chi connectivity index (χ4v) is 4.62. The molecule has 3 aromatic rings. The van der Waals surface area contributed by atoms with Crippen LogP contribution < -0.4 is 14.2 Å². The Morgan fingerprint density at radius 1 is 1.00 bits per heavy atom. The third-order valence-electron chi connectivity index (χ3n) is 6.85. The molecule has 1 saturated carbocycles. The number of rotatable bonds is 6. The zero-order valence-corrected chi connectivity index (χ0v) is 19.5. The predicted octanol–water partition coefficient (Wildman–Crippen LogP) is 5.85. The van der Waals surface area contributed by atoms with Gasteiger partial charge in [-0.15, -0.1) is 8.78 Å². The molecule has 176 valence electrons. The number of aryl methyl sites for hydroxylation is 2. The van der Waals surface area contributed by atoms with E-state index in [1.807, 2.05) is 45.0 Å². The molecular weight excluding hydrogens is 440 g/mol. The minimum Gasteiger partial charge on any atom is -0.497 e. The number of pyridine rings is 1. The molecule has 0 N–H and O–H groups in total. The Labute approximate surface area is 196 Å². The number of hydrogen-bond acceptors (Lipinski definition) is 5. The molecule has 1 aromatic heterocycles. The molecule has 5 nitrogen and oxygen atoms in total. The highest BCUT2D eigenvalue weighted by atomic mass is 19.3. The molecule has 0 spiro atoms. The number of fused-ring (bicyclic) bond motifs is 1. The van der Waals surface area contributed by atoms with E-state index < -0.39 is 11.7 Å². The van der Waals surface area contributed by atoms with Gasteiger partial charge in [-0.3, -0.25) is 9.78 Å². The van der Waals surface area contributed by atoms with E-state index in [4.69, 9.17) is 9.72 Å². The minimum absolute atomic E-state index is 0.0197. The second kappa shape index (κ2) is 7.79. The predicted molar refractivity (Wildman–Crippen MR) is 123 cm³/mol. The molecule has 1 fully saturated rings. The summed E-state index contributed by atoms with van der Waals surface area (Å²) < 4.78 is 41.2. The summed E-state index contributed by atoms with van der Waals surface area (Å²) >= 11 is 0. The number of halogens is 2. The fourth-order valence-electron chi connectivity index (χ4n) is 4.62. The molecule has 1 aliphatic carbocycles. The van der Waals surface area contributed by atoms with Crippen molar-refractivity contribution in [2.75, 3.05) is 7.11 Å². The van der Waals surface area contributed by atoms with Gasteiger partial charge in [-0.25, -0.2) is 0 Å². The Morgan fingerprint density at radius 3 is 2.41 bits per heavy atom. The van der Waals surface area contributed by atoms with Crippen molar-refractivity contribution in [1.82, 2.24) is 4.98 Å². The van der Waals surface area contributed by atoms with Crippen LogP contribution in [-0.4, -0.2) is 24.2 Å². The highest BCUT2D eigenvalue weighted by molar-refractivity contribution is 5.94. The average Bonchev–Trinajstić information content (AvgIpc) is 3.53. The maximum atomic E-state index is 13.4. The number of carbonyl (C=O) groups excluding carboxylic acids is 1. The maximum absolute atomic E-state index is 13.4. The summed E-state index contributed by atoms with van der Waals surface area (Å²) in [6.45, 7) is 6.05. The number of Topliss-reactive ketones (excluding diaryl/α,β-unsaturated/α-hetero) is 1. The van der Waals surface area contributed by atoms with Crippen molar-refractivity contribution in [2.45, 2.75) is 51.7 Å².